The molecule has 4 rings (SSSR count). The van der Waals surface area contributed by atoms with Gasteiger partial charge in [-0.1, -0.05) is 13.8 Å². The van der Waals surface area contributed by atoms with Gasteiger partial charge in [-0.2, -0.15) is 0 Å². The third-order valence-corrected chi connectivity index (χ3v) is 5.48. The first-order valence-corrected chi connectivity index (χ1v) is 8.36. The molecule has 0 N–H and O–H groups in total. The summed E-state index contributed by atoms with van der Waals surface area (Å²) in [6.45, 7) is 5.44. The van der Waals surface area contributed by atoms with E-state index in [0.717, 1.165) is 23.5 Å². The van der Waals surface area contributed by atoms with Crippen LogP contribution in [0.4, 0.5) is 8.78 Å². The number of rotatable bonds is 2. The molecule has 23 heavy (non-hydrogen) atoms. The highest BCUT2D eigenvalue weighted by atomic mass is 19.3. The lowest BCUT2D eigenvalue weighted by Gasteiger charge is -2.36. The van der Waals surface area contributed by atoms with E-state index in [1.165, 1.54) is 0 Å². The van der Waals surface area contributed by atoms with Gasteiger partial charge in [0.2, 0.25) is 11.8 Å². The Balaban J connectivity index is 1.47. The quantitative estimate of drug-likeness (QED) is 0.841. The summed E-state index contributed by atoms with van der Waals surface area (Å²) in [5.74, 6) is -1.40. The molecule has 2 fully saturated rings. The minimum Gasteiger partial charge on any atom is -0.342 e. The van der Waals surface area contributed by atoms with Gasteiger partial charge in [0.25, 0.3) is 0 Å². The number of likely N-dealkylation sites (tertiary alicyclic amines) is 1. The van der Waals surface area contributed by atoms with E-state index in [0.29, 0.717) is 24.9 Å². The standard InChI is InChI=1S/C17H21F2N3O/c1-9(2)15-20-6-12-13-8-22(7-10(13)3-14(12)21-15)16(23)11-4-17(18,19)5-11/h6,9-11,13H,3-5,7-8H2,1-2H3. The average molecular weight is 321 g/mol. The van der Waals surface area contributed by atoms with Crippen LogP contribution in [-0.4, -0.2) is 39.8 Å². The van der Waals surface area contributed by atoms with Crippen LogP contribution in [0.25, 0.3) is 0 Å². The van der Waals surface area contributed by atoms with Crippen LogP contribution in [-0.2, 0) is 11.2 Å². The summed E-state index contributed by atoms with van der Waals surface area (Å²) in [6, 6.07) is 0. The molecule has 1 saturated heterocycles. The second-order valence-electron chi connectivity index (χ2n) is 7.56. The average Bonchev–Trinajstić information content (AvgIpc) is 3.00. The molecule has 0 aromatic carbocycles. The van der Waals surface area contributed by atoms with Gasteiger partial charge in [0.1, 0.15) is 5.82 Å². The molecule has 0 bridgehead atoms. The highest BCUT2D eigenvalue weighted by Crippen LogP contribution is 2.46. The molecule has 0 radical (unpaired) electrons. The van der Waals surface area contributed by atoms with Crippen molar-refractivity contribution in [1.29, 1.82) is 0 Å². The van der Waals surface area contributed by atoms with Gasteiger partial charge in [-0.15, -0.1) is 0 Å². The Bertz CT molecular complexity index is 653. The van der Waals surface area contributed by atoms with E-state index in [-0.39, 0.29) is 24.7 Å². The minimum atomic E-state index is -2.64. The molecule has 2 heterocycles. The first-order chi connectivity index (χ1) is 10.8. The summed E-state index contributed by atoms with van der Waals surface area (Å²) >= 11 is 0. The molecule has 1 aromatic rings. The van der Waals surface area contributed by atoms with Crippen molar-refractivity contribution in [2.45, 2.75) is 50.9 Å². The SMILES string of the molecule is CC(C)c1ncc2c(n1)CC1CN(C(=O)C3CC(F)(F)C3)CC21. The summed E-state index contributed by atoms with van der Waals surface area (Å²) < 4.78 is 26.0. The van der Waals surface area contributed by atoms with Crippen molar-refractivity contribution < 1.29 is 13.6 Å². The van der Waals surface area contributed by atoms with Crippen molar-refractivity contribution in [1.82, 2.24) is 14.9 Å². The van der Waals surface area contributed by atoms with Gasteiger partial charge >= 0.3 is 0 Å². The highest BCUT2D eigenvalue weighted by molar-refractivity contribution is 5.80. The van der Waals surface area contributed by atoms with Crippen molar-refractivity contribution in [3.8, 4) is 0 Å². The van der Waals surface area contributed by atoms with Gasteiger partial charge < -0.3 is 4.90 Å². The molecule has 4 nitrogen and oxygen atoms in total. The first-order valence-electron chi connectivity index (χ1n) is 8.36. The van der Waals surface area contributed by atoms with Gasteiger partial charge in [0, 0.05) is 55.6 Å². The van der Waals surface area contributed by atoms with Gasteiger partial charge in [0.15, 0.2) is 0 Å². The molecular weight excluding hydrogens is 300 g/mol. The maximum Gasteiger partial charge on any atom is 0.249 e. The van der Waals surface area contributed by atoms with Gasteiger partial charge in [-0.05, 0) is 17.9 Å². The molecule has 2 unspecified atom stereocenters. The number of aromatic nitrogens is 2. The Morgan fingerprint density at radius 1 is 1.35 bits per heavy atom. The summed E-state index contributed by atoms with van der Waals surface area (Å²) in [6.07, 6.45) is 2.21. The Morgan fingerprint density at radius 3 is 2.74 bits per heavy atom. The third-order valence-electron chi connectivity index (χ3n) is 5.48. The van der Waals surface area contributed by atoms with Crippen molar-refractivity contribution in [3.05, 3.63) is 23.3 Å². The fraction of sp³-hybridized carbons (Fsp3) is 0.706. The molecular formula is C17H21F2N3O. The van der Waals surface area contributed by atoms with E-state index >= 15 is 0 Å². The normalized spacial score (nSPS) is 28.7. The number of hydrogen-bond donors (Lipinski definition) is 0. The Labute approximate surface area is 134 Å². The lowest BCUT2D eigenvalue weighted by molar-refractivity contribution is -0.159. The lowest BCUT2D eigenvalue weighted by Crippen LogP contribution is -2.46. The molecule has 124 valence electrons. The smallest absolute Gasteiger partial charge is 0.249 e. The van der Waals surface area contributed by atoms with Crippen molar-refractivity contribution in [3.63, 3.8) is 0 Å². The highest BCUT2D eigenvalue weighted by Gasteiger charge is 2.52. The second kappa shape index (κ2) is 4.95. The summed E-state index contributed by atoms with van der Waals surface area (Å²) in [4.78, 5) is 23.3. The van der Waals surface area contributed by atoms with Crippen molar-refractivity contribution in [2.24, 2.45) is 11.8 Å². The summed E-state index contributed by atoms with van der Waals surface area (Å²) in [5.41, 5.74) is 2.26. The number of carbonyl (C=O) groups excluding carboxylic acids is 1. The number of carbonyl (C=O) groups is 1. The number of hydrogen-bond acceptors (Lipinski definition) is 3. The van der Waals surface area contributed by atoms with Crippen LogP contribution in [0.1, 0.15) is 55.6 Å². The van der Waals surface area contributed by atoms with Crippen LogP contribution in [0, 0.1) is 11.8 Å². The molecule has 3 aliphatic rings. The van der Waals surface area contributed by atoms with E-state index in [2.05, 4.69) is 23.8 Å². The zero-order valence-corrected chi connectivity index (χ0v) is 13.4. The fourth-order valence-corrected chi connectivity index (χ4v) is 4.15. The second-order valence-corrected chi connectivity index (χ2v) is 7.56. The third kappa shape index (κ3) is 2.42. The molecule has 1 amide bonds. The van der Waals surface area contributed by atoms with E-state index < -0.39 is 11.8 Å². The minimum absolute atomic E-state index is 0.0911. The number of amides is 1. The molecule has 6 heteroatoms. The molecule has 1 aliphatic heterocycles. The van der Waals surface area contributed by atoms with Crippen LogP contribution in [0.5, 0.6) is 0 Å². The van der Waals surface area contributed by atoms with E-state index in [1.807, 2.05) is 6.20 Å². The zero-order valence-electron chi connectivity index (χ0n) is 13.4. The molecule has 1 aromatic heterocycles. The Kier molecular flexibility index (Phi) is 3.22. The van der Waals surface area contributed by atoms with E-state index in [1.54, 1.807) is 4.90 Å². The topological polar surface area (TPSA) is 46.1 Å². The number of nitrogens with zero attached hydrogens (tertiary/aromatic N) is 3. The zero-order chi connectivity index (χ0) is 16.4. The Hall–Kier alpha value is -1.59. The maximum absolute atomic E-state index is 13.0. The van der Waals surface area contributed by atoms with Crippen LogP contribution < -0.4 is 0 Å². The monoisotopic (exact) mass is 321 g/mol. The molecule has 2 atom stereocenters. The Morgan fingerprint density at radius 2 is 2.09 bits per heavy atom. The van der Waals surface area contributed by atoms with Crippen LogP contribution in [0.15, 0.2) is 6.20 Å². The van der Waals surface area contributed by atoms with Gasteiger partial charge in [0.05, 0.1) is 0 Å². The summed E-state index contributed by atoms with van der Waals surface area (Å²) in [5, 5.41) is 0. The van der Waals surface area contributed by atoms with Crippen LogP contribution >= 0.6 is 0 Å². The van der Waals surface area contributed by atoms with Crippen LogP contribution in [0.2, 0.25) is 0 Å². The van der Waals surface area contributed by atoms with E-state index in [9.17, 15) is 13.6 Å². The lowest BCUT2D eigenvalue weighted by atomic mass is 9.80. The molecule has 2 aliphatic carbocycles. The van der Waals surface area contributed by atoms with Crippen molar-refractivity contribution in [2.75, 3.05) is 13.1 Å². The predicted molar refractivity (Wildman–Crippen MR) is 80.3 cm³/mol. The first kappa shape index (κ1) is 15.0. The van der Waals surface area contributed by atoms with Gasteiger partial charge in [-0.3, -0.25) is 4.79 Å². The van der Waals surface area contributed by atoms with Gasteiger partial charge in [-0.25, -0.2) is 18.7 Å². The summed E-state index contributed by atoms with van der Waals surface area (Å²) in [7, 11) is 0. The maximum atomic E-state index is 13.0. The van der Waals surface area contributed by atoms with Crippen LogP contribution in [0.3, 0.4) is 0 Å². The predicted octanol–water partition coefficient (Wildman–Crippen LogP) is 2.74. The molecule has 1 saturated carbocycles. The number of alkyl halides is 2. The largest absolute Gasteiger partial charge is 0.342 e. The number of halogens is 2. The number of fused-ring (bicyclic) bond motifs is 3. The van der Waals surface area contributed by atoms with E-state index in [4.69, 9.17) is 0 Å². The fourth-order valence-electron chi connectivity index (χ4n) is 4.15. The molecule has 0 spiro atoms. The van der Waals surface area contributed by atoms with Crippen molar-refractivity contribution >= 4 is 5.91 Å².